The third-order valence-corrected chi connectivity index (χ3v) is 9.55. The van der Waals surface area contributed by atoms with E-state index in [4.69, 9.17) is 20.4 Å². The van der Waals surface area contributed by atoms with Crippen LogP contribution in [0, 0.1) is 0 Å². The van der Waals surface area contributed by atoms with Gasteiger partial charge in [-0.2, -0.15) is 9.97 Å². The minimum Gasteiger partial charge on any atom is -0.508 e. The average molecular weight is 595 g/mol. The van der Waals surface area contributed by atoms with Crippen LogP contribution in [0.4, 0.5) is 5.82 Å². The molecular weight excluding hydrogens is 556 g/mol. The van der Waals surface area contributed by atoms with E-state index in [2.05, 4.69) is 41.1 Å². The number of likely N-dealkylation sites (N-methyl/N-ethyl adjacent to an activating group) is 1. The second kappa shape index (κ2) is 11.6. The lowest BCUT2D eigenvalue weighted by atomic mass is 9.97. The zero-order valence-corrected chi connectivity index (χ0v) is 25.0. The number of anilines is 1. The Balaban J connectivity index is 1.26. The zero-order valence-electron chi connectivity index (χ0n) is 25.0. The van der Waals surface area contributed by atoms with Gasteiger partial charge in [-0.05, 0) is 85.4 Å². The van der Waals surface area contributed by atoms with E-state index in [1.807, 2.05) is 23.1 Å². The summed E-state index contributed by atoms with van der Waals surface area (Å²) >= 11 is 0. The largest absolute Gasteiger partial charge is 0.508 e. The number of piperazine rings is 1. The van der Waals surface area contributed by atoms with Gasteiger partial charge in [0.05, 0.1) is 5.52 Å². The molecule has 7 rings (SSSR count). The molecule has 0 unspecified atom stereocenters. The quantitative estimate of drug-likeness (QED) is 0.313. The van der Waals surface area contributed by atoms with Crippen LogP contribution in [0.1, 0.15) is 38.5 Å². The maximum atomic E-state index is 12.9. The number of aromatic nitrogens is 2. The molecule has 4 heterocycles. The fourth-order valence-electron chi connectivity index (χ4n) is 7.26. The highest BCUT2D eigenvalue weighted by molar-refractivity contribution is 6.01. The molecule has 3 aliphatic heterocycles. The number of phenols is 1. The molecule has 4 aromatic rings. The Morgan fingerprint density at radius 1 is 0.977 bits per heavy atom. The van der Waals surface area contributed by atoms with Crippen molar-refractivity contribution < 1.29 is 19.4 Å². The van der Waals surface area contributed by atoms with Gasteiger partial charge in [-0.15, -0.1) is 0 Å². The van der Waals surface area contributed by atoms with Crippen LogP contribution in [-0.2, 0) is 9.59 Å². The highest BCUT2D eigenvalue weighted by Gasteiger charge is 2.43. The van der Waals surface area contributed by atoms with Crippen LogP contribution in [0.15, 0.2) is 54.6 Å². The molecule has 10 heteroatoms. The number of aromatic hydroxyl groups is 1. The summed E-state index contributed by atoms with van der Waals surface area (Å²) in [5.41, 5.74) is 7.95. The number of phenolic OH excluding ortho intramolecular Hbond substituents is 1. The molecule has 0 spiro atoms. The topological polar surface area (TPSA) is 125 Å². The maximum absolute atomic E-state index is 12.9. The summed E-state index contributed by atoms with van der Waals surface area (Å²) in [7, 11) is 2.13. The summed E-state index contributed by atoms with van der Waals surface area (Å²) < 4.78 is 6.30. The number of fused-ring (bicyclic) bond motifs is 4. The summed E-state index contributed by atoms with van der Waals surface area (Å²) in [6, 6.07) is 18.7. The molecule has 3 atom stereocenters. The van der Waals surface area contributed by atoms with Crippen molar-refractivity contribution in [1.82, 2.24) is 19.8 Å². The fraction of sp³-hybridized carbons (Fsp3) is 0.412. The first-order valence-electron chi connectivity index (χ1n) is 15.6. The number of rotatable bonds is 8. The van der Waals surface area contributed by atoms with Crippen molar-refractivity contribution in [3.05, 3.63) is 54.6 Å². The van der Waals surface area contributed by atoms with Gasteiger partial charge in [0, 0.05) is 49.4 Å². The lowest BCUT2D eigenvalue weighted by molar-refractivity contribution is -0.134. The molecule has 3 aromatic carbocycles. The molecule has 3 fully saturated rings. The summed E-state index contributed by atoms with van der Waals surface area (Å²) in [6.07, 6.45) is 4.35. The molecule has 10 nitrogen and oxygen atoms in total. The zero-order chi connectivity index (χ0) is 30.4. The molecule has 44 heavy (non-hydrogen) atoms. The van der Waals surface area contributed by atoms with Crippen molar-refractivity contribution in [3.63, 3.8) is 0 Å². The Labute approximate surface area is 256 Å². The van der Waals surface area contributed by atoms with Crippen LogP contribution < -0.4 is 15.4 Å². The van der Waals surface area contributed by atoms with Crippen LogP contribution in [0.5, 0.6) is 11.8 Å². The van der Waals surface area contributed by atoms with E-state index in [0.717, 1.165) is 70.8 Å². The van der Waals surface area contributed by atoms with E-state index in [-0.39, 0.29) is 36.6 Å². The lowest BCUT2D eigenvalue weighted by Gasteiger charge is -2.42. The van der Waals surface area contributed by atoms with E-state index >= 15 is 0 Å². The second-order valence-corrected chi connectivity index (χ2v) is 12.4. The standard InChI is InChI=1S/C34H38N6O4/c1-38-14-4-6-25(38)20-44-34-36-30-16-22(29-17-26(41)15-21-5-2-3-7-27(21)29)8-11-28(30)33(37-34)40-23-9-10-24(40)19-39(18-23)32(43)13-12-31(35)42/h2-3,5,7-8,11,15-17,23-25,41H,4,6,9-10,12-14,18-20H2,1H3,(H2,35,42)/t23-,24+,25-/m0/s1. The van der Waals surface area contributed by atoms with Crippen LogP contribution in [-0.4, -0.2) is 88.1 Å². The van der Waals surface area contributed by atoms with Crippen molar-refractivity contribution in [1.29, 1.82) is 0 Å². The molecule has 2 amide bonds. The number of carbonyl (C=O) groups is 2. The highest BCUT2D eigenvalue weighted by atomic mass is 16.5. The minimum atomic E-state index is -0.457. The van der Waals surface area contributed by atoms with Crippen molar-refractivity contribution in [2.75, 3.05) is 38.2 Å². The number of hydrogen-bond donors (Lipinski definition) is 2. The van der Waals surface area contributed by atoms with E-state index < -0.39 is 5.91 Å². The number of ether oxygens (including phenoxy) is 1. The molecule has 3 saturated heterocycles. The number of likely N-dealkylation sites (tertiary alicyclic amines) is 2. The number of hydrogen-bond acceptors (Lipinski definition) is 8. The van der Waals surface area contributed by atoms with Gasteiger partial charge in [-0.3, -0.25) is 9.59 Å². The number of nitrogens with two attached hydrogens (primary N) is 1. The molecule has 0 saturated carbocycles. The SMILES string of the molecule is CN1CCC[C@H]1COc1nc(N2[C@@H]3CC[C@H]2CN(C(=O)CCC(N)=O)C3)c2ccc(-c3cc(O)cc4ccccc34)cc2n1. The van der Waals surface area contributed by atoms with E-state index in [1.54, 1.807) is 12.1 Å². The minimum absolute atomic E-state index is 0.0272. The van der Waals surface area contributed by atoms with Crippen LogP contribution in [0.2, 0.25) is 0 Å². The van der Waals surface area contributed by atoms with E-state index in [1.165, 1.54) is 0 Å². The molecule has 3 N–H and O–H groups in total. The van der Waals surface area contributed by atoms with E-state index in [0.29, 0.717) is 31.7 Å². The number of nitrogens with zero attached hydrogens (tertiary/aromatic N) is 5. The van der Waals surface area contributed by atoms with Gasteiger partial charge in [0.1, 0.15) is 18.2 Å². The summed E-state index contributed by atoms with van der Waals surface area (Å²) in [4.78, 5) is 40.7. The fourth-order valence-corrected chi connectivity index (χ4v) is 7.26. The first-order chi connectivity index (χ1) is 21.3. The molecule has 2 bridgehead atoms. The monoisotopic (exact) mass is 594 g/mol. The summed E-state index contributed by atoms with van der Waals surface area (Å²) in [6.45, 7) is 2.74. The predicted octanol–water partition coefficient (Wildman–Crippen LogP) is 4.07. The molecule has 1 aromatic heterocycles. The summed E-state index contributed by atoms with van der Waals surface area (Å²) in [5, 5.41) is 13.5. The Hall–Kier alpha value is -4.44. The first kappa shape index (κ1) is 28.3. The van der Waals surface area contributed by atoms with Gasteiger partial charge in [0.25, 0.3) is 0 Å². The van der Waals surface area contributed by atoms with Gasteiger partial charge < -0.3 is 30.3 Å². The number of primary amides is 1. The van der Waals surface area contributed by atoms with Gasteiger partial charge in [-0.1, -0.05) is 30.3 Å². The third-order valence-electron chi connectivity index (χ3n) is 9.55. The lowest BCUT2D eigenvalue weighted by Crippen LogP contribution is -2.55. The van der Waals surface area contributed by atoms with Gasteiger partial charge in [0.2, 0.25) is 11.8 Å². The first-order valence-corrected chi connectivity index (χ1v) is 15.6. The normalized spacial score (nSPS) is 21.8. The van der Waals surface area contributed by atoms with Crippen LogP contribution >= 0.6 is 0 Å². The molecule has 228 valence electrons. The van der Waals surface area contributed by atoms with Gasteiger partial charge in [0.15, 0.2) is 0 Å². The molecule has 0 aliphatic carbocycles. The Kier molecular flexibility index (Phi) is 7.45. The number of carbonyl (C=O) groups excluding carboxylic acids is 2. The second-order valence-electron chi connectivity index (χ2n) is 12.4. The Morgan fingerprint density at radius 3 is 2.52 bits per heavy atom. The third kappa shape index (κ3) is 5.38. The van der Waals surface area contributed by atoms with Crippen molar-refractivity contribution >= 4 is 39.3 Å². The maximum Gasteiger partial charge on any atom is 0.319 e. The highest BCUT2D eigenvalue weighted by Crippen LogP contribution is 2.40. The van der Waals surface area contributed by atoms with Gasteiger partial charge >= 0.3 is 6.01 Å². The van der Waals surface area contributed by atoms with E-state index in [9.17, 15) is 14.7 Å². The smallest absolute Gasteiger partial charge is 0.319 e. The summed E-state index contributed by atoms with van der Waals surface area (Å²) in [5.74, 6) is 0.558. The average Bonchev–Trinajstić information content (AvgIpc) is 3.55. The van der Waals surface area contributed by atoms with Crippen molar-refractivity contribution in [2.24, 2.45) is 5.73 Å². The van der Waals surface area contributed by atoms with Crippen LogP contribution in [0.25, 0.3) is 32.8 Å². The molecular formula is C34H38N6O4. The van der Waals surface area contributed by atoms with Crippen LogP contribution in [0.3, 0.4) is 0 Å². The number of benzene rings is 3. The van der Waals surface area contributed by atoms with Gasteiger partial charge in [-0.25, -0.2) is 0 Å². The Morgan fingerprint density at radius 2 is 1.77 bits per heavy atom. The number of amides is 2. The molecule has 0 radical (unpaired) electrons. The van der Waals surface area contributed by atoms with Crippen molar-refractivity contribution in [2.45, 2.75) is 56.7 Å². The predicted molar refractivity (Wildman–Crippen MR) is 170 cm³/mol. The Bertz CT molecular complexity index is 1730. The van der Waals surface area contributed by atoms with Crippen molar-refractivity contribution in [3.8, 4) is 22.9 Å². The molecule has 3 aliphatic rings.